The van der Waals surface area contributed by atoms with Crippen LogP contribution in [0.15, 0.2) is 11.1 Å². The Morgan fingerprint density at radius 2 is 1.56 bits per heavy atom. The van der Waals surface area contributed by atoms with Gasteiger partial charge in [-0.05, 0) is 6.42 Å². The molecule has 0 aliphatic carbocycles. The van der Waals surface area contributed by atoms with Gasteiger partial charge in [-0.3, -0.25) is 0 Å². The molecule has 0 radical (unpaired) electrons. The third-order valence-electron chi connectivity index (χ3n) is 1.55. The molecular formula is C10H5N4NaO. The van der Waals surface area contributed by atoms with E-state index in [-0.39, 0.29) is 41.6 Å². The van der Waals surface area contributed by atoms with Crippen molar-refractivity contribution in [2.45, 2.75) is 13.3 Å². The summed E-state index contributed by atoms with van der Waals surface area (Å²) in [6, 6.07) is 5.96. The second-order valence-corrected chi connectivity index (χ2v) is 2.35. The maximum atomic E-state index is 11.3. The van der Waals surface area contributed by atoms with Crippen molar-refractivity contribution in [3.63, 3.8) is 0 Å². The van der Waals surface area contributed by atoms with Crippen LogP contribution in [0.5, 0.6) is 0 Å². The van der Waals surface area contributed by atoms with Crippen LogP contribution in [0.2, 0.25) is 0 Å². The Balaban J connectivity index is 0. The van der Waals surface area contributed by atoms with E-state index >= 15 is 0 Å². The molecule has 0 amide bonds. The smallest absolute Gasteiger partial charge is 0.370 e. The Kier molecular flexibility index (Phi) is 8.89. The molecule has 0 unspecified atom stereocenters. The Morgan fingerprint density at radius 1 is 1.12 bits per heavy atom. The second kappa shape index (κ2) is 8.54. The fourth-order valence-corrected chi connectivity index (χ4v) is 0.854. The fourth-order valence-electron chi connectivity index (χ4n) is 0.854. The predicted octanol–water partition coefficient (Wildman–Crippen LogP) is -2.07. The summed E-state index contributed by atoms with van der Waals surface area (Å²) >= 11 is 0. The standard InChI is InChI=1S/C10H5N4O.Na/c1-2-9(15)10(7(3-11)4-12)8(5-13)6-14;/h2H2,1H3;/q-1;+1. The topological polar surface area (TPSA) is 112 Å². The second-order valence-electron chi connectivity index (χ2n) is 2.35. The number of Topliss-reactive ketones (excluding diaryl/α,β-unsaturated/α-hetero) is 1. The minimum Gasteiger partial charge on any atom is -0.370 e. The zero-order valence-corrected chi connectivity index (χ0v) is 10.9. The van der Waals surface area contributed by atoms with Gasteiger partial charge in [0.25, 0.3) is 0 Å². The Labute approximate surface area is 115 Å². The number of hydrogen-bond acceptors (Lipinski definition) is 5. The van der Waals surface area contributed by atoms with Crippen LogP contribution in [0.25, 0.3) is 0 Å². The van der Waals surface area contributed by atoms with Crippen molar-refractivity contribution >= 4 is 5.78 Å². The number of carbonyl (C=O) groups is 1. The van der Waals surface area contributed by atoms with Crippen molar-refractivity contribution in [3.05, 3.63) is 17.1 Å². The predicted molar refractivity (Wildman–Crippen MR) is 48.0 cm³/mol. The Morgan fingerprint density at radius 3 is 1.81 bits per heavy atom. The number of rotatable bonds is 3. The van der Waals surface area contributed by atoms with Gasteiger partial charge < -0.3 is 4.79 Å². The molecule has 0 N–H and O–H groups in total. The molecule has 72 valence electrons. The van der Waals surface area contributed by atoms with Crippen LogP contribution in [0.1, 0.15) is 13.3 Å². The normalized spacial score (nSPS) is 6.81. The molecule has 0 aromatic heterocycles. The molecule has 0 aromatic rings. The largest absolute Gasteiger partial charge is 1.00 e. The van der Waals surface area contributed by atoms with Crippen molar-refractivity contribution in [3.8, 4) is 24.3 Å². The van der Waals surface area contributed by atoms with Gasteiger partial charge in [0.1, 0.15) is 0 Å². The number of ketones is 1. The molecule has 0 aliphatic heterocycles. The van der Waals surface area contributed by atoms with Crippen molar-refractivity contribution in [2.24, 2.45) is 0 Å². The van der Waals surface area contributed by atoms with Crippen molar-refractivity contribution in [1.82, 2.24) is 0 Å². The summed E-state index contributed by atoms with van der Waals surface area (Å²) < 4.78 is 0. The van der Waals surface area contributed by atoms with Crippen LogP contribution in [0.3, 0.4) is 0 Å². The number of allylic oxidation sites excluding steroid dienone is 2. The van der Waals surface area contributed by atoms with E-state index in [0.29, 0.717) is 0 Å². The molecule has 0 saturated heterocycles. The Hall–Kier alpha value is -1.76. The molecule has 5 nitrogen and oxygen atoms in total. The summed E-state index contributed by atoms with van der Waals surface area (Å²) in [7, 11) is 0. The molecule has 0 saturated carbocycles. The molecule has 0 atom stereocenters. The first-order valence-electron chi connectivity index (χ1n) is 3.91. The van der Waals surface area contributed by atoms with Crippen LogP contribution in [-0.4, -0.2) is 5.78 Å². The maximum absolute atomic E-state index is 11.3. The molecular weight excluding hydrogens is 215 g/mol. The van der Waals surface area contributed by atoms with Crippen LogP contribution >= 0.6 is 0 Å². The monoisotopic (exact) mass is 220 g/mol. The van der Waals surface area contributed by atoms with E-state index in [2.05, 4.69) is 0 Å². The molecule has 0 fully saturated rings. The van der Waals surface area contributed by atoms with Gasteiger partial charge in [0.2, 0.25) is 0 Å². The van der Waals surface area contributed by atoms with Gasteiger partial charge in [-0.15, -0.1) is 0 Å². The Bertz CT molecular complexity index is 437. The summed E-state index contributed by atoms with van der Waals surface area (Å²) in [4.78, 5) is 11.3. The third-order valence-corrected chi connectivity index (χ3v) is 1.55. The molecule has 0 heterocycles. The van der Waals surface area contributed by atoms with E-state index in [4.69, 9.17) is 21.0 Å². The summed E-state index contributed by atoms with van der Waals surface area (Å²) in [5, 5.41) is 34.3. The molecule has 0 bridgehead atoms. The van der Waals surface area contributed by atoms with E-state index < -0.39 is 17.3 Å². The zero-order chi connectivity index (χ0) is 11.8. The van der Waals surface area contributed by atoms with E-state index in [1.165, 1.54) is 31.2 Å². The maximum Gasteiger partial charge on any atom is 1.00 e. The quantitative estimate of drug-likeness (QED) is 0.235. The van der Waals surface area contributed by atoms with Crippen LogP contribution in [0.4, 0.5) is 0 Å². The van der Waals surface area contributed by atoms with E-state index in [0.717, 1.165) is 0 Å². The summed E-state index contributed by atoms with van der Waals surface area (Å²) in [6.45, 7) is 1.51. The minimum absolute atomic E-state index is 0. The summed E-state index contributed by atoms with van der Waals surface area (Å²) in [5.41, 5.74) is -0.882. The number of nitriles is 4. The number of nitrogens with zero attached hydrogens (tertiary/aromatic N) is 4. The molecule has 0 spiro atoms. The fraction of sp³-hybridized carbons (Fsp3) is 0.200. The minimum atomic E-state index is -0.564. The van der Waals surface area contributed by atoms with Gasteiger partial charge in [0, 0.05) is 35.8 Å². The van der Waals surface area contributed by atoms with Gasteiger partial charge in [-0.2, -0.15) is 0 Å². The molecule has 0 rings (SSSR count). The first kappa shape index (κ1) is 16.7. The van der Waals surface area contributed by atoms with Crippen LogP contribution in [0, 0.1) is 51.2 Å². The molecule has 0 aromatic carbocycles. The number of carbonyl (C=O) groups excluding carboxylic acids is 1. The van der Waals surface area contributed by atoms with Gasteiger partial charge in [-0.25, -0.2) is 21.0 Å². The summed E-state index contributed by atoms with van der Waals surface area (Å²) in [6.07, 6.45) is 0.0229. The van der Waals surface area contributed by atoms with Gasteiger partial charge in [0.15, 0.2) is 0 Å². The average Bonchev–Trinajstić information content (AvgIpc) is 2.28. The van der Waals surface area contributed by atoms with Crippen molar-refractivity contribution < 1.29 is 34.4 Å². The van der Waals surface area contributed by atoms with E-state index in [1.54, 1.807) is 0 Å². The molecule has 6 heteroatoms. The average molecular weight is 220 g/mol. The van der Waals surface area contributed by atoms with Crippen LogP contribution < -0.4 is 29.6 Å². The van der Waals surface area contributed by atoms with E-state index in [1.807, 2.05) is 0 Å². The molecule has 16 heavy (non-hydrogen) atoms. The molecule has 0 aliphatic rings. The SMILES string of the molecule is CCC(=O)C(=C(C#N)C#N)[C-](C#N)C#N.[Na+]. The first-order valence-corrected chi connectivity index (χ1v) is 3.91. The van der Waals surface area contributed by atoms with Gasteiger partial charge >= 0.3 is 29.6 Å². The number of hydrogen-bond donors (Lipinski definition) is 0. The zero-order valence-electron chi connectivity index (χ0n) is 8.90. The van der Waals surface area contributed by atoms with Crippen LogP contribution in [-0.2, 0) is 4.79 Å². The van der Waals surface area contributed by atoms with Gasteiger partial charge in [-0.1, -0.05) is 12.5 Å². The van der Waals surface area contributed by atoms with Crippen molar-refractivity contribution in [1.29, 1.82) is 21.0 Å². The van der Waals surface area contributed by atoms with Crippen molar-refractivity contribution in [2.75, 3.05) is 0 Å². The van der Waals surface area contributed by atoms with E-state index in [9.17, 15) is 4.79 Å². The first-order chi connectivity index (χ1) is 7.15. The summed E-state index contributed by atoms with van der Waals surface area (Å²) in [5.74, 6) is -1.06. The van der Waals surface area contributed by atoms with Gasteiger partial charge in [0.05, 0.1) is 5.78 Å². The third kappa shape index (κ3) is 3.77.